The number of fused-ring (bicyclic) bond motifs is 1. The third-order valence-electron chi connectivity index (χ3n) is 5.97. The Bertz CT molecular complexity index is 637. The Labute approximate surface area is 158 Å². The Morgan fingerprint density at radius 2 is 1.73 bits per heavy atom. The maximum Gasteiger partial charge on any atom is 0.252 e. The number of piperidine rings is 1. The van der Waals surface area contributed by atoms with Crippen LogP contribution in [0.4, 0.5) is 11.4 Å². The van der Waals surface area contributed by atoms with E-state index >= 15 is 0 Å². The average Bonchev–Trinajstić information content (AvgIpc) is 2.61. The van der Waals surface area contributed by atoms with Gasteiger partial charge in [0.15, 0.2) is 0 Å². The molecule has 2 aliphatic rings. The van der Waals surface area contributed by atoms with E-state index < -0.39 is 5.54 Å². The van der Waals surface area contributed by atoms with Crippen LogP contribution in [0.25, 0.3) is 0 Å². The molecule has 1 amide bonds. The number of benzene rings is 1. The maximum atomic E-state index is 13.6. The second-order valence-electron chi connectivity index (χ2n) is 9.18. The summed E-state index contributed by atoms with van der Waals surface area (Å²) in [6.45, 7) is 13.9. The molecule has 0 aliphatic carbocycles. The Hall–Kier alpha value is -1.55. The SMILES string of the molecule is CCC(CC)N1CCC2(CC1)Nc1ccccc1N(CC(C)(C)C)C2=O. The molecule has 1 fully saturated rings. The van der Waals surface area contributed by atoms with Gasteiger partial charge in [0, 0.05) is 25.7 Å². The van der Waals surface area contributed by atoms with Gasteiger partial charge in [-0.05, 0) is 43.2 Å². The van der Waals surface area contributed by atoms with Crippen molar-refractivity contribution in [3.63, 3.8) is 0 Å². The van der Waals surface area contributed by atoms with E-state index in [9.17, 15) is 4.79 Å². The zero-order valence-corrected chi connectivity index (χ0v) is 17.1. The molecule has 0 atom stereocenters. The smallest absolute Gasteiger partial charge is 0.252 e. The van der Waals surface area contributed by atoms with Gasteiger partial charge >= 0.3 is 0 Å². The van der Waals surface area contributed by atoms with E-state index in [2.05, 4.69) is 63.0 Å². The number of hydrogen-bond donors (Lipinski definition) is 1. The molecule has 0 radical (unpaired) electrons. The largest absolute Gasteiger partial charge is 0.369 e. The molecule has 0 bridgehead atoms. The summed E-state index contributed by atoms with van der Waals surface area (Å²) in [5.74, 6) is 0.260. The summed E-state index contributed by atoms with van der Waals surface area (Å²) in [4.78, 5) is 18.2. The normalized spacial score (nSPS) is 20.4. The van der Waals surface area contributed by atoms with Gasteiger partial charge in [-0.3, -0.25) is 4.79 Å². The van der Waals surface area contributed by atoms with Crippen LogP contribution in [0.5, 0.6) is 0 Å². The first kappa shape index (κ1) is 19.2. The van der Waals surface area contributed by atoms with Gasteiger partial charge < -0.3 is 15.1 Å². The summed E-state index contributed by atoms with van der Waals surface area (Å²) in [5, 5.41) is 3.66. The molecule has 1 aromatic rings. The van der Waals surface area contributed by atoms with E-state index in [1.807, 2.05) is 11.0 Å². The van der Waals surface area contributed by atoms with Crippen LogP contribution < -0.4 is 10.2 Å². The molecule has 26 heavy (non-hydrogen) atoms. The van der Waals surface area contributed by atoms with Crippen molar-refractivity contribution in [1.29, 1.82) is 0 Å². The fraction of sp³-hybridized carbons (Fsp3) is 0.682. The van der Waals surface area contributed by atoms with Gasteiger partial charge in [-0.25, -0.2) is 0 Å². The van der Waals surface area contributed by atoms with Crippen LogP contribution in [0.3, 0.4) is 0 Å². The third-order valence-corrected chi connectivity index (χ3v) is 5.97. The summed E-state index contributed by atoms with van der Waals surface area (Å²) in [6.07, 6.45) is 4.14. The van der Waals surface area contributed by atoms with Crippen molar-refractivity contribution >= 4 is 17.3 Å². The van der Waals surface area contributed by atoms with Crippen LogP contribution in [0.15, 0.2) is 24.3 Å². The highest BCUT2D eigenvalue weighted by atomic mass is 16.2. The van der Waals surface area contributed by atoms with Crippen molar-refractivity contribution in [3.8, 4) is 0 Å². The first-order valence-electron chi connectivity index (χ1n) is 10.2. The van der Waals surface area contributed by atoms with Crippen molar-refractivity contribution in [2.24, 2.45) is 5.41 Å². The lowest BCUT2D eigenvalue weighted by Gasteiger charge is -2.49. The second kappa shape index (κ2) is 7.22. The highest BCUT2D eigenvalue weighted by molar-refractivity contribution is 6.08. The third kappa shape index (κ3) is 3.62. The lowest BCUT2D eigenvalue weighted by molar-refractivity contribution is -0.125. The van der Waals surface area contributed by atoms with Crippen LogP contribution in [-0.2, 0) is 4.79 Å². The number of amides is 1. The molecule has 0 saturated carbocycles. The van der Waals surface area contributed by atoms with Gasteiger partial charge in [0.05, 0.1) is 11.4 Å². The van der Waals surface area contributed by atoms with E-state index in [1.54, 1.807) is 0 Å². The Kier molecular flexibility index (Phi) is 5.34. The molecule has 1 aromatic carbocycles. The van der Waals surface area contributed by atoms with Gasteiger partial charge in [-0.2, -0.15) is 0 Å². The Morgan fingerprint density at radius 1 is 1.12 bits per heavy atom. The Balaban J connectivity index is 1.87. The molecule has 2 aliphatic heterocycles. The van der Waals surface area contributed by atoms with Crippen LogP contribution >= 0.6 is 0 Å². The molecular weight excluding hydrogens is 322 g/mol. The number of likely N-dealkylation sites (tertiary alicyclic amines) is 1. The molecule has 144 valence electrons. The van der Waals surface area contributed by atoms with Crippen molar-refractivity contribution in [2.45, 2.75) is 71.9 Å². The highest BCUT2D eigenvalue weighted by Gasteiger charge is 2.48. The number of carbonyl (C=O) groups is 1. The average molecular weight is 358 g/mol. The van der Waals surface area contributed by atoms with E-state index in [1.165, 1.54) is 12.8 Å². The molecule has 4 nitrogen and oxygen atoms in total. The standard InChI is InChI=1S/C22H35N3O/c1-6-17(7-2)24-14-12-22(13-15-24)20(26)25(16-21(3,4)5)19-11-9-8-10-18(19)23-22/h8-11,17,23H,6-7,12-16H2,1-5H3. The number of nitrogens with zero attached hydrogens (tertiary/aromatic N) is 2. The molecule has 0 unspecified atom stereocenters. The zero-order chi connectivity index (χ0) is 18.9. The summed E-state index contributed by atoms with van der Waals surface area (Å²) in [6, 6.07) is 8.91. The molecule has 1 saturated heterocycles. The molecule has 0 aromatic heterocycles. The highest BCUT2D eigenvalue weighted by Crippen LogP contribution is 2.41. The van der Waals surface area contributed by atoms with Gasteiger partial charge in [0.1, 0.15) is 5.54 Å². The van der Waals surface area contributed by atoms with Crippen LogP contribution in [0, 0.1) is 5.41 Å². The van der Waals surface area contributed by atoms with E-state index in [0.29, 0.717) is 6.04 Å². The first-order valence-corrected chi connectivity index (χ1v) is 10.2. The number of carbonyl (C=O) groups excluding carboxylic acids is 1. The summed E-state index contributed by atoms with van der Waals surface area (Å²) in [7, 11) is 0. The molecule has 2 heterocycles. The predicted molar refractivity (Wildman–Crippen MR) is 110 cm³/mol. The van der Waals surface area contributed by atoms with Crippen molar-refractivity contribution in [3.05, 3.63) is 24.3 Å². The minimum Gasteiger partial charge on any atom is -0.369 e. The number of anilines is 2. The van der Waals surface area contributed by atoms with E-state index in [4.69, 9.17) is 0 Å². The number of hydrogen-bond acceptors (Lipinski definition) is 3. The summed E-state index contributed by atoms with van der Waals surface area (Å²) in [5.41, 5.74) is 1.76. The summed E-state index contributed by atoms with van der Waals surface area (Å²) < 4.78 is 0. The molecular formula is C22H35N3O. The lowest BCUT2D eigenvalue weighted by atomic mass is 9.82. The van der Waals surface area contributed by atoms with Crippen molar-refractivity contribution in [2.75, 3.05) is 29.9 Å². The maximum absolute atomic E-state index is 13.6. The van der Waals surface area contributed by atoms with Crippen LogP contribution in [0.1, 0.15) is 60.3 Å². The van der Waals surface area contributed by atoms with Crippen molar-refractivity contribution < 1.29 is 4.79 Å². The minimum absolute atomic E-state index is 0.0670. The zero-order valence-electron chi connectivity index (χ0n) is 17.1. The van der Waals surface area contributed by atoms with Gasteiger partial charge in [0.25, 0.3) is 5.91 Å². The quantitative estimate of drug-likeness (QED) is 0.861. The second-order valence-corrected chi connectivity index (χ2v) is 9.18. The monoisotopic (exact) mass is 357 g/mol. The molecule has 1 N–H and O–H groups in total. The van der Waals surface area contributed by atoms with E-state index in [0.717, 1.165) is 43.9 Å². The van der Waals surface area contributed by atoms with Gasteiger partial charge in [0.2, 0.25) is 0 Å². The predicted octanol–water partition coefficient (Wildman–Crippen LogP) is 4.51. The van der Waals surface area contributed by atoms with Gasteiger partial charge in [-0.1, -0.05) is 46.8 Å². The fourth-order valence-electron chi connectivity index (χ4n) is 4.54. The number of rotatable bonds is 4. The van der Waals surface area contributed by atoms with Gasteiger partial charge in [-0.15, -0.1) is 0 Å². The topological polar surface area (TPSA) is 35.6 Å². The number of para-hydroxylation sites is 2. The molecule has 4 heteroatoms. The lowest BCUT2D eigenvalue weighted by Crippen LogP contribution is -2.63. The van der Waals surface area contributed by atoms with Crippen molar-refractivity contribution in [1.82, 2.24) is 4.90 Å². The summed E-state index contributed by atoms with van der Waals surface area (Å²) >= 11 is 0. The van der Waals surface area contributed by atoms with Crippen LogP contribution in [0.2, 0.25) is 0 Å². The first-order chi connectivity index (χ1) is 12.3. The van der Waals surface area contributed by atoms with E-state index in [-0.39, 0.29) is 11.3 Å². The minimum atomic E-state index is -0.442. The molecule has 3 rings (SSSR count). The Morgan fingerprint density at radius 3 is 2.31 bits per heavy atom. The number of nitrogens with one attached hydrogen (secondary N) is 1. The fourth-order valence-corrected chi connectivity index (χ4v) is 4.54. The van der Waals surface area contributed by atoms with Crippen LogP contribution in [-0.4, -0.2) is 42.0 Å². The molecule has 1 spiro atoms.